The number of urea groups is 1. The number of hydrogen-bond donors (Lipinski definition) is 2. The summed E-state index contributed by atoms with van der Waals surface area (Å²) in [7, 11) is 0. The van der Waals surface area contributed by atoms with Gasteiger partial charge in [-0.25, -0.2) is 9.18 Å². The Hall–Kier alpha value is -2.83. The van der Waals surface area contributed by atoms with Crippen molar-refractivity contribution in [3.63, 3.8) is 0 Å². The van der Waals surface area contributed by atoms with Gasteiger partial charge in [0.2, 0.25) is 0 Å². The lowest BCUT2D eigenvalue weighted by Crippen LogP contribution is -2.43. The normalized spacial score (nSPS) is 14.9. The van der Waals surface area contributed by atoms with Gasteiger partial charge in [-0.15, -0.1) is 0 Å². The highest BCUT2D eigenvalue weighted by Gasteiger charge is 2.24. The molecular weight excluding hydrogens is 349 g/mol. The van der Waals surface area contributed by atoms with Crippen molar-refractivity contribution in [2.75, 3.05) is 25.0 Å². The van der Waals surface area contributed by atoms with Crippen molar-refractivity contribution in [2.45, 2.75) is 26.7 Å². The molecule has 7 heteroatoms. The Balaban J connectivity index is 1.43. The van der Waals surface area contributed by atoms with E-state index in [0.29, 0.717) is 42.6 Å². The molecule has 2 heterocycles. The number of benzene rings is 1. The molecular formula is C20H24FN3O3. The molecule has 3 rings (SSSR count). The van der Waals surface area contributed by atoms with Gasteiger partial charge in [-0.05, 0) is 62.9 Å². The van der Waals surface area contributed by atoms with Gasteiger partial charge in [0.1, 0.15) is 17.3 Å². The van der Waals surface area contributed by atoms with Crippen LogP contribution >= 0.6 is 0 Å². The van der Waals surface area contributed by atoms with E-state index in [4.69, 9.17) is 4.42 Å². The van der Waals surface area contributed by atoms with Crippen LogP contribution in [0.25, 0.3) is 0 Å². The number of aryl methyl sites for hydroxylation is 2. The molecule has 0 saturated carbocycles. The average molecular weight is 373 g/mol. The van der Waals surface area contributed by atoms with Crippen LogP contribution in [-0.4, -0.2) is 36.5 Å². The Labute approximate surface area is 157 Å². The number of hydrogen-bond acceptors (Lipinski definition) is 3. The minimum Gasteiger partial charge on any atom is -0.466 e. The van der Waals surface area contributed by atoms with Gasteiger partial charge in [0.15, 0.2) is 0 Å². The van der Waals surface area contributed by atoms with Crippen LogP contribution in [0.15, 0.2) is 34.7 Å². The number of nitrogens with one attached hydrogen (secondary N) is 2. The van der Waals surface area contributed by atoms with E-state index in [9.17, 15) is 14.0 Å². The van der Waals surface area contributed by atoms with Crippen LogP contribution in [0.3, 0.4) is 0 Å². The van der Waals surface area contributed by atoms with Gasteiger partial charge in [-0.2, -0.15) is 0 Å². The first kappa shape index (κ1) is 18.9. The van der Waals surface area contributed by atoms with E-state index in [-0.39, 0.29) is 17.8 Å². The van der Waals surface area contributed by atoms with Crippen molar-refractivity contribution in [3.05, 3.63) is 53.2 Å². The summed E-state index contributed by atoms with van der Waals surface area (Å²) in [5, 5.41) is 5.73. The van der Waals surface area contributed by atoms with Crippen LogP contribution in [0, 0.1) is 25.6 Å². The maximum absolute atomic E-state index is 12.9. The van der Waals surface area contributed by atoms with Gasteiger partial charge < -0.3 is 20.0 Å². The highest BCUT2D eigenvalue weighted by atomic mass is 19.1. The van der Waals surface area contributed by atoms with Crippen LogP contribution in [0.2, 0.25) is 0 Å². The number of likely N-dealkylation sites (tertiary alicyclic amines) is 1. The lowest BCUT2D eigenvalue weighted by molar-refractivity contribution is 0.0937. The number of furan rings is 1. The van der Waals surface area contributed by atoms with Crippen molar-refractivity contribution in [1.82, 2.24) is 10.2 Å². The number of rotatable bonds is 4. The maximum Gasteiger partial charge on any atom is 0.321 e. The summed E-state index contributed by atoms with van der Waals surface area (Å²) in [5.41, 5.74) is 1.14. The smallest absolute Gasteiger partial charge is 0.321 e. The third-order valence-electron chi connectivity index (χ3n) is 4.83. The number of carbonyl (C=O) groups is 2. The molecule has 0 unspecified atom stereocenters. The SMILES string of the molecule is Cc1cc(C(=O)NCC2CCN(C(=O)Nc3ccc(F)cc3)CC2)c(C)o1. The first-order chi connectivity index (χ1) is 12.9. The molecule has 1 aromatic heterocycles. The van der Waals surface area contributed by atoms with Gasteiger partial charge >= 0.3 is 6.03 Å². The van der Waals surface area contributed by atoms with Crippen molar-refractivity contribution < 1.29 is 18.4 Å². The maximum atomic E-state index is 12.9. The molecule has 144 valence electrons. The van der Waals surface area contributed by atoms with E-state index < -0.39 is 0 Å². The molecule has 0 spiro atoms. The topological polar surface area (TPSA) is 74.6 Å². The minimum absolute atomic E-state index is 0.124. The Morgan fingerprint density at radius 2 is 1.85 bits per heavy atom. The lowest BCUT2D eigenvalue weighted by Gasteiger charge is -2.32. The Bertz CT molecular complexity index is 808. The van der Waals surface area contributed by atoms with Crippen LogP contribution in [0.5, 0.6) is 0 Å². The van der Waals surface area contributed by atoms with E-state index in [1.807, 2.05) is 6.92 Å². The minimum atomic E-state index is -0.336. The fourth-order valence-corrected chi connectivity index (χ4v) is 3.26. The van der Waals surface area contributed by atoms with E-state index >= 15 is 0 Å². The van der Waals surface area contributed by atoms with E-state index in [0.717, 1.165) is 18.6 Å². The van der Waals surface area contributed by atoms with Crippen molar-refractivity contribution in [2.24, 2.45) is 5.92 Å². The summed E-state index contributed by atoms with van der Waals surface area (Å²) in [4.78, 5) is 26.3. The van der Waals surface area contributed by atoms with Crippen LogP contribution in [-0.2, 0) is 0 Å². The third-order valence-corrected chi connectivity index (χ3v) is 4.83. The zero-order chi connectivity index (χ0) is 19.4. The molecule has 1 aliphatic rings. The first-order valence-corrected chi connectivity index (χ1v) is 9.09. The molecule has 1 fully saturated rings. The average Bonchev–Trinajstić information content (AvgIpc) is 3.00. The molecule has 0 bridgehead atoms. The largest absolute Gasteiger partial charge is 0.466 e. The second kappa shape index (κ2) is 8.24. The van der Waals surface area contributed by atoms with E-state index in [1.165, 1.54) is 24.3 Å². The van der Waals surface area contributed by atoms with Crippen molar-refractivity contribution >= 4 is 17.6 Å². The fourth-order valence-electron chi connectivity index (χ4n) is 3.26. The van der Waals surface area contributed by atoms with Crippen LogP contribution in [0.1, 0.15) is 34.7 Å². The Kier molecular flexibility index (Phi) is 5.78. The number of anilines is 1. The summed E-state index contributed by atoms with van der Waals surface area (Å²) in [6.45, 7) is 5.42. The summed E-state index contributed by atoms with van der Waals surface area (Å²) < 4.78 is 18.3. The molecule has 1 aromatic carbocycles. The molecule has 0 atom stereocenters. The highest BCUT2D eigenvalue weighted by molar-refractivity contribution is 5.95. The molecule has 2 aromatic rings. The highest BCUT2D eigenvalue weighted by Crippen LogP contribution is 2.19. The quantitative estimate of drug-likeness (QED) is 0.858. The third kappa shape index (κ3) is 4.87. The predicted octanol–water partition coefficient (Wildman–Crippen LogP) is 3.71. The molecule has 1 aliphatic heterocycles. The molecule has 0 aliphatic carbocycles. The second-order valence-corrected chi connectivity index (χ2v) is 6.90. The number of carbonyl (C=O) groups excluding carboxylic acids is 2. The lowest BCUT2D eigenvalue weighted by atomic mass is 9.97. The van der Waals surface area contributed by atoms with Crippen LogP contribution in [0.4, 0.5) is 14.9 Å². The van der Waals surface area contributed by atoms with E-state index in [1.54, 1.807) is 17.9 Å². The number of amides is 3. The monoisotopic (exact) mass is 373 g/mol. The summed E-state index contributed by atoms with van der Waals surface area (Å²) >= 11 is 0. The van der Waals surface area contributed by atoms with Gasteiger partial charge in [-0.3, -0.25) is 4.79 Å². The van der Waals surface area contributed by atoms with Gasteiger partial charge in [0.05, 0.1) is 5.56 Å². The fraction of sp³-hybridized carbons (Fsp3) is 0.400. The molecule has 2 N–H and O–H groups in total. The van der Waals surface area contributed by atoms with Crippen molar-refractivity contribution in [1.29, 1.82) is 0 Å². The van der Waals surface area contributed by atoms with Gasteiger partial charge in [0.25, 0.3) is 5.91 Å². The standard InChI is InChI=1S/C20H24FN3O3/c1-13-11-18(14(2)27-13)19(25)22-12-15-7-9-24(10-8-15)20(26)23-17-5-3-16(21)4-6-17/h3-6,11,15H,7-10,12H2,1-2H3,(H,22,25)(H,23,26). The van der Waals surface area contributed by atoms with E-state index in [2.05, 4.69) is 10.6 Å². The zero-order valence-electron chi connectivity index (χ0n) is 15.5. The van der Waals surface area contributed by atoms with Gasteiger partial charge in [-0.1, -0.05) is 0 Å². The zero-order valence-corrected chi connectivity index (χ0v) is 15.5. The number of piperidine rings is 1. The first-order valence-electron chi connectivity index (χ1n) is 9.09. The summed E-state index contributed by atoms with van der Waals surface area (Å²) in [6, 6.07) is 7.26. The molecule has 27 heavy (non-hydrogen) atoms. The molecule has 3 amide bonds. The number of halogens is 1. The second-order valence-electron chi connectivity index (χ2n) is 6.90. The van der Waals surface area contributed by atoms with Gasteiger partial charge in [0, 0.05) is 25.3 Å². The molecule has 1 saturated heterocycles. The summed E-state index contributed by atoms with van der Waals surface area (Å²) in [5.74, 6) is 1.21. The summed E-state index contributed by atoms with van der Waals surface area (Å²) in [6.07, 6.45) is 1.64. The number of nitrogens with zero attached hydrogens (tertiary/aromatic N) is 1. The van der Waals surface area contributed by atoms with Crippen LogP contribution < -0.4 is 10.6 Å². The molecule has 0 radical (unpaired) electrons. The Morgan fingerprint density at radius 3 is 2.44 bits per heavy atom. The Morgan fingerprint density at radius 1 is 1.19 bits per heavy atom. The molecule has 6 nitrogen and oxygen atoms in total. The predicted molar refractivity (Wildman–Crippen MR) is 100 cm³/mol. The van der Waals surface area contributed by atoms with Crippen molar-refractivity contribution in [3.8, 4) is 0 Å².